The second-order valence-electron chi connectivity index (χ2n) is 5.01. The lowest BCUT2D eigenvalue weighted by atomic mass is 10.0. The lowest BCUT2D eigenvalue weighted by molar-refractivity contribution is -0.145. The highest BCUT2D eigenvalue weighted by Crippen LogP contribution is 2.15. The highest BCUT2D eigenvalue weighted by molar-refractivity contribution is 5.86. The Morgan fingerprint density at radius 1 is 1.17 bits per heavy atom. The van der Waals surface area contributed by atoms with Crippen molar-refractivity contribution >= 4 is 17.8 Å². The summed E-state index contributed by atoms with van der Waals surface area (Å²) in [6.45, 7) is 5.21. The maximum absolute atomic E-state index is 12.0. The van der Waals surface area contributed by atoms with E-state index in [2.05, 4.69) is 0 Å². The molecule has 7 nitrogen and oxygen atoms in total. The number of hydrogen-bond acceptors (Lipinski definition) is 4. The summed E-state index contributed by atoms with van der Waals surface area (Å²) in [5, 5.41) is 17.2. The maximum Gasteiger partial charge on any atom is 0.305 e. The molecule has 0 saturated heterocycles. The topological polar surface area (TPSA) is 121 Å². The van der Waals surface area contributed by atoms with Crippen LogP contribution in [0.5, 0.6) is 0 Å². The van der Waals surface area contributed by atoms with Crippen molar-refractivity contribution < 1.29 is 24.6 Å². The van der Waals surface area contributed by atoms with Crippen molar-refractivity contribution in [1.82, 2.24) is 4.90 Å². The average molecular weight is 260 g/mol. The molecule has 104 valence electrons. The smallest absolute Gasteiger partial charge is 0.305 e. The standard InChI is InChI=1S/C11H20N2O5/c1-11(2,3)13(5-4-8(14)15)10(18)7(12)6-9(16)17/h7H,4-6,12H2,1-3H3,(H,14,15)(H,16,17). The zero-order valence-corrected chi connectivity index (χ0v) is 10.8. The first-order valence-electron chi connectivity index (χ1n) is 5.56. The van der Waals surface area contributed by atoms with Crippen LogP contribution in [-0.2, 0) is 14.4 Å². The molecule has 7 heteroatoms. The van der Waals surface area contributed by atoms with Crippen molar-refractivity contribution in [3.05, 3.63) is 0 Å². The van der Waals surface area contributed by atoms with Crippen LogP contribution in [0, 0.1) is 0 Å². The normalized spacial score (nSPS) is 12.9. The van der Waals surface area contributed by atoms with Crippen molar-refractivity contribution in [2.75, 3.05) is 6.54 Å². The number of rotatable bonds is 6. The summed E-state index contributed by atoms with van der Waals surface area (Å²) in [7, 11) is 0. The molecule has 18 heavy (non-hydrogen) atoms. The minimum absolute atomic E-state index is 0.00495. The summed E-state index contributed by atoms with van der Waals surface area (Å²) < 4.78 is 0. The molecule has 0 spiro atoms. The minimum atomic E-state index is -1.16. The Hall–Kier alpha value is -1.63. The van der Waals surface area contributed by atoms with Crippen molar-refractivity contribution in [2.45, 2.75) is 45.2 Å². The molecule has 1 amide bonds. The first-order chi connectivity index (χ1) is 8.05. The Balaban J connectivity index is 4.80. The van der Waals surface area contributed by atoms with E-state index in [1.54, 1.807) is 20.8 Å². The highest BCUT2D eigenvalue weighted by atomic mass is 16.4. The van der Waals surface area contributed by atoms with E-state index < -0.39 is 35.8 Å². The monoisotopic (exact) mass is 260 g/mol. The largest absolute Gasteiger partial charge is 0.481 e. The van der Waals surface area contributed by atoms with Crippen LogP contribution in [0.1, 0.15) is 33.6 Å². The Morgan fingerprint density at radius 2 is 1.67 bits per heavy atom. The van der Waals surface area contributed by atoms with Gasteiger partial charge in [0.15, 0.2) is 0 Å². The average Bonchev–Trinajstić information content (AvgIpc) is 2.13. The van der Waals surface area contributed by atoms with Crippen molar-refractivity contribution in [2.24, 2.45) is 5.73 Å². The van der Waals surface area contributed by atoms with Crippen LogP contribution in [0.25, 0.3) is 0 Å². The quantitative estimate of drug-likeness (QED) is 0.612. The van der Waals surface area contributed by atoms with Gasteiger partial charge in [-0.05, 0) is 20.8 Å². The van der Waals surface area contributed by atoms with E-state index in [0.717, 1.165) is 0 Å². The van der Waals surface area contributed by atoms with Crippen LogP contribution in [0.15, 0.2) is 0 Å². The third-order valence-electron chi connectivity index (χ3n) is 2.34. The van der Waals surface area contributed by atoms with Gasteiger partial charge < -0.3 is 20.8 Å². The fourth-order valence-electron chi connectivity index (χ4n) is 1.46. The number of carboxylic acids is 2. The molecule has 0 aromatic heterocycles. The van der Waals surface area contributed by atoms with Crippen molar-refractivity contribution in [1.29, 1.82) is 0 Å². The SMILES string of the molecule is CC(C)(C)N(CCC(=O)O)C(=O)C(N)CC(=O)O. The lowest BCUT2D eigenvalue weighted by Gasteiger charge is -2.37. The van der Waals surface area contributed by atoms with Crippen LogP contribution in [0.4, 0.5) is 0 Å². The predicted molar refractivity (Wildman–Crippen MR) is 63.9 cm³/mol. The minimum Gasteiger partial charge on any atom is -0.481 e. The van der Waals surface area contributed by atoms with Gasteiger partial charge in [0, 0.05) is 12.1 Å². The van der Waals surface area contributed by atoms with Crippen LogP contribution in [0.2, 0.25) is 0 Å². The molecule has 0 aliphatic heterocycles. The summed E-state index contributed by atoms with van der Waals surface area (Å²) in [4.78, 5) is 34.3. The summed E-state index contributed by atoms with van der Waals surface area (Å²) in [5.41, 5.74) is 4.89. The van der Waals surface area contributed by atoms with Gasteiger partial charge in [0.05, 0.1) is 18.9 Å². The zero-order valence-electron chi connectivity index (χ0n) is 10.8. The number of carbonyl (C=O) groups is 3. The summed E-state index contributed by atoms with van der Waals surface area (Å²) in [6, 6.07) is -1.16. The fourth-order valence-corrected chi connectivity index (χ4v) is 1.46. The molecular weight excluding hydrogens is 240 g/mol. The third-order valence-corrected chi connectivity index (χ3v) is 2.34. The molecule has 0 aromatic rings. The van der Waals surface area contributed by atoms with Gasteiger partial charge in [0.2, 0.25) is 5.91 Å². The van der Waals surface area contributed by atoms with E-state index in [0.29, 0.717) is 0 Å². The van der Waals surface area contributed by atoms with E-state index >= 15 is 0 Å². The molecule has 0 rings (SSSR count). The second kappa shape index (κ2) is 6.34. The van der Waals surface area contributed by atoms with E-state index in [1.165, 1.54) is 4.90 Å². The first-order valence-corrected chi connectivity index (χ1v) is 5.56. The van der Waals surface area contributed by atoms with Gasteiger partial charge in [-0.1, -0.05) is 0 Å². The van der Waals surface area contributed by atoms with Crippen LogP contribution in [-0.4, -0.2) is 51.1 Å². The van der Waals surface area contributed by atoms with Gasteiger partial charge in [-0.2, -0.15) is 0 Å². The Bertz CT molecular complexity index is 335. The number of amides is 1. The van der Waals surface area contributed by atoms with Gasteiger partial charge in [0.1, 0.15) is 0 Å². The van der Waals surface area contributed by atoms with Crippen molar-refractivity contribution in [3.63, 3.8) is 0 Å². The summed E-state index contributed by atoms with van der Waals surface area (Å²) >= 11 is 0. The van der Waals surface area contributed by atoms with Gasteiger partial charge in [-0.3, -0.25) is 14.4 Å². The van der Waals surface area contributed by atoms with Crippen LogP contribution >= 0.6 is 0 Å². The van der Waals surface area contributed by atoms with Crippen LogP contribution in [0.3, 0.4) is 0 Å². The second-order valence-corrected chi connectivity index (χ2v) is 5.01. The molecule has 0 aromatic carbocycles. The van der Waals surface area contributed by atoms with Crippen LogP contribution < -0.4 is 5.73 Å². The molecule has 0 saturated carbocycles. The number of carboxylic acid groups (broad SMARTS) is 2. The summed E-state index contributed by atoms with van der Waals surface area (Å²) in [5.74, 6) is -2.74. The maximum atomic E-state index is 12.0. The molecule has 0 bridgehead atoms. The molecular formula is C11H20N2O5. The van der Waals surface area contributed by atoms with Gasteiger partial charge in [-0.25, -0.2) is 0 Å². The van der Waals surface area contributed by atoms with E-state index in [-0.39, 0.29) is 13.0 Å². The lowest BCUT2D eigenvalue weighted by Crippen LogP contribution is -2.53. The molecule has 1 unspecified atom stereocenters. The fraction of sp³-hybridized carbons (Fsp3) is 0.727. The molecule has 0 heterocycles. The number of carbonyl (C=O) groups excluding carboxylic acids is 1. The molecule has 0 radical (unpaired) electrons. The molecule has 0 fully saturated rings. The molecule has 0 aliphatic rings. The number of hydrogen-bond donors (Lipinski definition) is 3. The molecule has 4 N–H and O–H groups in total. The number of aliphatic carboxylic acids is 2. The van der Waals surface area contributed by atoms with E-state index in [1.807, 2.05) is 0 Å². The Morgan fingerprint density at radius 3 is 2.00 bits per heavy atom. The predicted octanol–water partition coefficient (Wildman–Crippen LogP) is -0.110. The summed E-state index contributed by atoms with van der Waals surface area (Å²) in [6.07, 6.45) is -0.679. The zero-order chi connectivity index (χ0) is 14.5. The van der Waals surface area contributed by atoms with Crippen molar-refractivity contribution in [3.8, 4) is 0 Å². The van der Waals surface area contributed by atoms with E-state index in [4.69, 9.17) is 15.9 Å². The number of nitrogens with zero attached hydrogens (tertiary/aromatic N) is 1. The Kier molecular flexibility index (Phi) is 5.77. The first kappa shape index (κ1) is 16.4. The third kappa shape index (κ3) is 5.62. The van der Waals surface area contributed by atoms with E-state index in [9.17, 15) is 14.4 Å². The van der Waals surface area contributed by atoms with Gasteiger partial charge >= 0.3 is 11.9 Å². The van der Waals surface area contributed by atoms with Gasteiger partial charge in [0.25, 0.3) is 0 Å². The Labute approximate surface area is 106 Å². The highest BCUT2D eigenvalue weighted by Gasteiger charge is 2.31. The number of nitrogens with two attached hydrogens (primary N) is 1. The van der Waals surface area contributed by atoms with Gasteiger partial charge in [-0.15, -0.1) is 0 Å². The molecule has 0 aliphatic carbocycles. The molecule has 1 atom stereocenters.